The highest BCUT2D eigenvalue weighted by Crippen LogP contribution is 2.09. The number of rotatable bonds is 4. The largest absolute Gasteiger partial charge is 0.347 e. The van der Waals surface area contributed by atoms with Gasteiger partial charge in [0.25, 0.3) is 0 Å². The van der Waals surface area contributed by atoms with Gasteiger partial charge in [-0.05, 0) is 36.2 Å². The Hall–Kier alpha value is -2.47. The predicted molar refractivity (Wildman–Crippen MR) is 81.0 cm³/mol. The van der Waals surface area contributed by atoms with Crippen LogP contribution >= 0.6 is 11.6 Å². The van der Waals surface area contributed by atoms with Crippen LogP contribution in [0.5, 0.6) is 0 Å². The van der Waals surface area contributed by atoms with E-state index in [0.717, 1.165) is 5.56 Å². The Labute approximate surface area is 131 Å². The molecule has 0 saturated heterocycles. The van der Waals surface area contributed by atoms with E-state index < -0.39 is 11.8 Å². The summed E-state index contributed by atoms with van der Waals surface area (Å²) in [5.74, 6) is -1.65. The van der Waals surface area contributed by atoms with Crippen LogP contribution in [0.4, 0.5) is 10.2 Å². The molecule has 2 amide bonds. The number of hydrogen-bond acceptors (Lipinski definition) is 3. The van der Waals surface area contributed by atoms with E-state index in [1.165, 1.54) is 24.4 Å². The molecule has 5 nitrogen and oxygen atoms in total. The van der Waals surface area contributed by atoms with E-state index in [4.69, 9.17) is 11.6 Å². The minimum Gasteiger partial charge on any atom is -0.347 e. The third-order valence-corrected chi connectivity index (χ3v) is 3.01. The molecule has 1 heterocycles. The van der Waals surface area contributed by atoms with E-state index in [-0.39, 0.29) is 18.2 Å². The first-order valence-electron chi connectivity index (χ1n) is 6.50. The summed E-state index contributed by atoms with van der Waals surface area (Å²) in [4.78, 5) is 27.1. The van der Waals surface area contributed by atoms with Crippen LogP contribution < -0.4 is 10.6 Å². The van der Waals surface area contributed by atoms with Crippen LogP contribution in [0, 0.1) is 5.82 Å². The Bertz CT molecular complexity index is 659. The summed E-state index contributed by atoms with van der Waals surface area (Å²) < 4.78 is 12.7. The average molecular weight is 322 g/mol. The zero-order valence-electron chi connectivity index (χ0n) is 11.5. The second-order valence-electron chi connectivity index (χ2n) is 4.45. The number of amides is 2. The number of aromatic nitrogens is 1. The molecule has 0 aliphatic heterocycles. The summed E-state index contributed by atoms with van der Waals surface area (Å²) in [6, 6.07) is 8.98. The number of halogens is 2. The van der Waals surface area contributed by atoms with Crippen molar-refractivity contribution in [1.82, 2.24) is 10.3 Å². The number of hydrogen-bond donors (Lipinski definition) is 2. The van der Waals surface area contributed by atoms with Crippen LogP contribution in [-0.2, 0) is 16.0 Å². The van der Waals surface area contributed by atoms with Gasteiger partial charge in [-0.3, -0.25) is 9.59 Å². The molecule has 0 aliphatic carbocycles. The van der Waals surface area contributed by atoms with Crippen molar-refractivity contribution in [3.8, 4) is 0 Å². The smallest absolute Gasteiger partial charge is 0.314 e. The molecule has 0 fully saturated rings. The van der Waals surface area contributed by atoms with Gasteiger partial charge in [-0.1, -0.05) is 23.7 Å². The van der Waals surface area contributed by atoms with Crippen molar-refractivity contribution in [1.29, 1.82) is 0 Å². The summed E-state index contributed by atoms with van der Waals surface area (Å²) in [5, 5.41) is 5.27. The molecule has 2 N–H and O–H groups in total. The number of carbonyl (C=O) groups is 2. The van der Waals surface area contributed by atoms with E-state index in [2.05, 4.69) is 15.6 Å². The van der Waals surface area contributed by atoms with Gasteiger partial charge in [-0.25, -0.2) is 9.37 Å². The molecule has 22 heavy (non-hydrogen) atoms. The van der Waals surface area contributed by atoms with Crippen molar-refractivity contribution in [2.24, 2.45) is 0 Å². The van der Waals surface area contributed by atoms with E-state index in [0.29, 0.717) is 11.4 Å². The Balaban J connectivity index is 1.77. The number of benzene rings is 1. The Morgan fingerprint density at radius 2 is 1.82 bits per heavy atom. The molecule has 0 atom stereocenters. The molecule has 0 saturated carbocycles. The van der Waals surface area contributed by atoms with Gasteiger partial charge in [0.15, 0.2) is 0 Å². The number of nitrogens with zero attached hydrogens (tertiary/aromatic N) is 1. The first-order chi connectivity index (χ1) is 10.5. The lowest BCUT2D eigenvalue weighted by atomic mass is 10.1. The van der Waals surface area contributed by atoms with Crippen LogP contribution in [0.1, 0.15) is 5.56 Å². The molecule has 0 spiro atoms. The number of carbonyl (C=O) groups excluding carboxylic acids is 2. The van der Waals surface area contributed by atoms with Gasteiger partial charge in [0.2, 0.25) is 0 Å². The monoisotopic (exact) mass is 321 g/mol. The lowest BCUT2D eigenvalue weighted by Gasteiger charge is -2.06. The van der Waals surface area contributed by atoms with Gasteiger partial charge in [-0.2, -0.15) is 0 Å². The molecule has 0 bridgehead atoms. The van der Waals surface area contributed by atoms with E-state index >= 15 is 0 Å². The molecule has 0 unspecified atom stereocenters. The second-order valence-corrected chi connectivity index (χ2v) is 4.88. The molecule has 7 heteroatoms. The van der Waals surface area contributed by atoms with E-state index in [1.54, 1.807) is 18.2 Å². The van der Waals surface area contributed by atoms with E-state index in [1.807, 2.05) is 0 Å². The SMILES string of the molecule is O=C(NCCc1ccc(F)cc1)C(=O)Nc1ccc(Cl)cn1. The van der Waals surface area contributed by atoms with Gasteiger partial charge in [0, 0.05) is 12.7 Å². The predicted octanol–water partition coefficient (Wildman–Crippen LogP) is 2.17. The fourth-order valence-electron chi connectivity index (χ4n) is 1.67. The standard InChI is InChI=1S/C15H13ClFN3O2/c16-11-3-6-13(19-9-11)20-15(22)14(21)18-8-7-10-1-4-12(17)5-2-10/h1-6,9H,7-8H2,(H,18,21)(H,19,20,22). The van der Waals surface area contributed by atoms with Gasteiger partial charge in [-0.15, -0.1) is 0 Å². The minimum atomic E-state index is -0.811. The lowest BCUT2D eigenvalue weighted by molar-refractivity contribution is -0.136. The van der Waals surface area contributed by atoms with Crippen LogP contribution in [0.25, 0.3) is 0 Å². The molecule has 114 valence electrons. The van der Waals surface area contributed by atoms with Gasteiger partial charge in [0.05, 0.1) is 5.02 Å². The fourth-order valence-corrected chi connectivity index (χ4v) is 1.79. The van der Waals surface area contributed by atoms with Crippen molar-refractivity contribution in [3.05, 3.63) is 59.0 Å². The molecular weight excluding hydrogens is 309 g/mol. The fraction of sp³-hybridized carbons (Fsp3) is 0.133. The summed E-state index contributed by atoms with van der Waals surface area (Å²) in [5.41, 5.74) is 0.862. The summed E-state index contributed by atoms with van der Waals surface area (Å²) >= 11 is 5.67. The van der Waals surface area contributed by atoms with Crippen LogP contribution in [0.3, 0.4) is 0 Å². The number of anilines is 1. The third kappa shape index (κ3) is 4.82. The molecular formula is C15H13ClFN3O2. The summed E-state index contributed by atoms with van der Waals surface area (Å²) in [6.07, 6.45) is 1.86. The Kier molecular flexibility index (Phi) is 5.43. The zero-order chi connectivity index (χ0) is 15.9. The molecule has 0 aliphatic rings. The summed E-state index contributed by atoms with van der Waals surface area (Å²) in [6.45, 7) is 0.270. The zero-order valence-corrected chi connectivity index (χ0v) is 12.2. The van der Waals surface area contributed by atoms with Crippen molar-refractivity contribution in [2.45, 2.75) is 6.42 Å². The molecule has 2 aromatic rings. The highest BCUT2D eigenvalue weighted by Gasteiger charge is 2.13. The summed E-state index contributed by atoms with van der Waals surface area (Å²) in [7, 11) is 0. The highest BCUT2D eigenvalue weighted by molar-refractivity contribution is 6.39. The second kappa shape index (κ2) is 7.51. The number of pyridine rings is 1. The quantitative estimate of drug-likeness (QED) is 0.848. The van der Waals surface area contributed by atoms with Crippen molar-refractivity contribution < 1.29 is 14.0 Å². The minimum absolute atomic E-state index is 0.239. The van der Waals surface area contributed by atoms with Crippen molar-refractivity contribution in [2.75, 3.05) is 11.9 Å². The Morgan fingerprint density at radius 3 is 2.45 bits per heavy atom. The van der Waals surface area contributed by atoms with Crippen molar-refractivity contribution in [3.63, 3.8) is 0 Å². The topological polar surface area (TPSA) is 71.1 Å². The maximum Gasteiger partial charge on any atom is 0.314 e. The van der Waals surface area contributed by atoms with E-state index in [9.17, 15) is 14.0 Å². The maximum atomic E-state index is 12.7. The average Bonchev–Trinajstić information content (AvgIpc) is 2.51. The highest BCUT2D eigenvalue weighted by atomic mass is 35.5. The maximum absolute atomic E-state index is 12.7. The van der Waals surface area contributed by atoms with Crippen molar-refractivity contribution >= 4 is 29.2 Å². The van der Waals surface area contributed by atoms with Gasteiger partial charge < -0.3 is 10.6 Å². The van der Waals surface area contributed by atoms with Crippen LogP contribution in [0.2, 0.25) is 5.02 Å². The Morgan fingerprint density at radius 1 is 1.09 bits per heavy atom. The molecule has 0 radical (unpaired) electrons. The third-order valence-electron chi connectivity index (χ3n) is 2.79. The first kappa shape index (κ1) is 15.9. The molecule has 2 rings (SSSR count). The van der Waals surface area contributed by atoms with Crippen LogP contribution in [0.15, 0.2) is 42.6 Å². The number of nitrogens with one attached hydrogen (secondary N) is 2. The van der Waals surface area contributed by atoms with Gasteiger partial charge in [0.1, 0.15) is 11.6 Å². The normalized spacial score (nSPS) is 10.1. The van der Waals surface area contributed by atoms with Gasteiger partial charge >= 0.3 is 11.8 Å². The molecule has 1 aromatic heterocycles. The van der Waals surface area contributed by atoms with Crippen LogP contribution in [-0.4, -0.2) is 23.3 Å². The molecule has 1 aromatic carbocycles. The first-order valence-corrected chi connectivity index (χ1v) is 6.87. The lowest BCUT2D eigenvalue weighted by Crippen LogP contribution is -2.36.